The van der Waals surface area contributed by atoms with Crippen molar-refractivity contribution >= 4 is 11.9 Å². The molecule has 3 saturated carbocycles. The van der Waals surface area contributed by atoms with Crippen LogP contribution in [0, 0.1) is 34.5 Å². The van der Waals surface area contributed by atoms with Crippen LogP contribution in [-0.2, 0) is 19.1 Å². The van der Waals surface area contributed by atoms with Gasteiger partial charge in [0.25, 0.3) is 0 Å². The molecule has 0 spiro atoms. The maximum Gasteiger partial charge on any atom is 0.429 e. The molecule has 0 heterocycles. The predicted octanol–water partition coefficient (Wildman–Crippen LogP) is 7.34. The summed E-state index contributed by atoms with van der Waals surface area (Å²) in [5, 5.41) is 0. The second kappa shape index (κ2) is 9.46. The molecule has 5 rings (SSSR count). The van der Waals surface area contributed by atoms with Crippen molar-refractivity contribution in [3.05, 3.63) is 47.5 Å². The summed E-state index contributed by atoms with van der Waals surface area (Å²) in [5.74, 6) is -0.306. The van der Waals surface area contributed by atoms with Crippen LogP contribution in [0.4, 0.5) is 13.2 Å². The van der Waals surface area contributed by atoms with Crippen molar-refractivity contribution in [3.63, 3.8) is 0 Å². The molecule has 0 amide bonds. The zero-order valence-corrected chi connectivity index (χ0v) is 21.9. The van der Waals surface area contributed by atoms with E-state index in [0.717, 1.165) is 44.9 Å². The van der Waals surface area contributed by atoms with Crippen molar-refractivity contribution in [3.8, 4) is 0 Å². The number of alkyl halides is 3. The Balaban J connectivity index is 1.34. The van der Waals surface area contributed by atoms with E-state index in [4.69, 9.17) is 9.47 Å². The fourth-order valence-electron chi connectivity index (χ4n) is 8.50. The molecule has 37 heavy (non-hydrogen) atoms. The molecule has 8 atom stereocenters. The van der Waals surface area contributed by atoms with Crippen molar-refractivity contribution in [2.75, 3.05) is 0 Å². The van der Waals surface area contributed by atoms with Gasteiger partial charge in [-0.3, -0.25) is 9.59 Å². The molecule has 0 bridgehead atoms. The molecule has 7 heteroatoms. The maximum atomic E-state index is 13.9. The van der Waals surface area contributed by atoms with E-state index in [9.17, 15) is 22.8 Å². The Morgan fingerprint density at radius 1 is 1.00 bits per heavy atom. The number of hydrogen-bond acceptors (Lipinski definition) is 4. The van der Waals surface area contributed by atoms with Crippen molar-refractivity contribution in [2.24, 2.45) is 34.5 Å². The maximum absolute atomic E-state index is 13.9. The first-order valence-electron chi connectivity index (χ1n) is 13.6. The molecular formula is C30H37F3O4. The molecule has 0 aromatic heterocycles. The summed E-state index contributed by atoms with van der Waals surface area (Å²) in [6, 6.07) is 7.42. The van der Waals surface area contributed by atoms with Crippen LogP contribution in [-0.4, -0.2) is 24.2 Å². The molecule has 4 aliphatic rings. The highest BCUT2D eigenvalue weighted by molar-refractivity contribution is 5.74. The normalized spacial score (nSPS) is 37.9. The first-order chi connectivity index (χ1) is 17.4. The van der Waals surface area contributed by atoms with E-state index in [1.165, 1.54) is 36.8 Å². The highest BCUT2D eigenvalue weighted by Gasteiger charge is 2.61. The van der Waals surface area contributed by atoms with Gasteiger partial charge in [-0.25, -0.2) is 0 Å². The topological polar surface area (TPSA) is 52.6 Å². The number of allylic oxidation sites excluding steroid dienone is 1. The average molecular weight is 519 g/mol. The van der Waals surface area contributed by atoms with Crippen LogP contribution in [0.5, 0.6) is 0 Å². The van der Waals surface area contributed by atoms with Crippen molar-refractivity contribution in [1.29, 1.82) is 0 Å². The molecule has 0 radical (unpaired) electrons. The van der Waals surface area contributed by atoms with Gasteiger partial charge in [0, 0.05) is 18.9 Å². The summed E-state index contributed by atoms with van der Waals surface area (Å²) in [5.41, 5.74) is 1.03. The molecule has 4 nitrogen and oxygen atoms in total. The number of ether oxygens (including phenoxy) is 2. The lowest BCUT2D eigenvalue weighted by atomic mass is 9.47. The zero-order valence-electron chi connectivity index (χ0n) is 21.9. The lowest BCUT2D eigenvalue weighted by Gasteiger charge is -2.57. The molecule has 0 unspecified atom stereocenters. The minimum absolute atomic E-state index is 0.0472. The first-order valence-corrected chi connectivity index (χ1v) is 13.6. The van der Waals surface area contributed by atoms with Gasteiger partial charge in [-0.15, -0.1) is 0 Å². The van der Waals surface area contributed by atoms with Gasteiger partial charge >= 0.3 is 18.1 Å². The lowest BCUT2D eigenvalue weighted by Crippen LogP contribution is -2.51. The number of halogens is 3. The van der Waals surface area contributed by atoms with Gasteiger partial charge in [-0.2, -0.15) is 13.2 Å². The number of rotatable bonds is 4. The molecule has 1 aromatic rings. The Bertz CT molecular complexity index is 1070. The largest absolute Gasteiger partial charge is 0.462 e. The van der Waals surface area contributed by atoms with Gasteiger partial charge in [-0.1, -0.05) is 55.8 Å². The fourth-order valence-corrected chi connectivity index (χ4v) is 8.50. The Morgan fingerprint density at radius 2 is 1.73 bits per heavy atom. The van der Waals surface area contributed by atoms with Crippen LogP contribution in [0.2, 0.25) is 0 Å². The quantitative estimate of drug-likeness (QED) is 0.309. The van der Waals surface area contributed by atoms with E-state index in [1.807, 2.05) is 0 Å². The summed E-state index contributed by atoms with van der Waals surface area (Å²) in [6.45, 7) is 5.91. The number of benzene rings is 1. The van der Waals surface area contributed by atoms with Crippen LogP contribution >= 0.6 is 0 Å². The van der Waals surface area contributed by atoms with Gasteiger partial charge < -0.3 is 9.47 Å². The van der Waals surface area contributed by atoms with Gasteiger partial charge in [0.05, 0.1) is 5.92 Å². The molecule has 3 fully saturated rings. The van der Waals surface area contributed by atoms with Crippen LogP contribution in [0.3, 0.4) is 0 Å². The SMILES string of the molecule is CC(=O)O[C@H]1CC[C@@]2(C)C(=CC[C@@H]3[C@H]4CC[C@@H](C(=O)O[C@@H](c5ccccc5)C(F)(F)F)[C@]4(C)CC[C@H]32)C1. The highest BCUT2D eigenvalue weighted by Crippen LogP contribution is 2.66. The second-order valence-electron chi connectivity index (χ2n) is 12.2. The number of hydrogen-bond donors (Lipinski definition) is 0. The number of carbonyl (C=O) groups excluding carboxylic acids is 2. The lowest BCUT2D eigenvalue weighted by molar-refractivity contribution is -0.228. The summed E-state index contributed by atoms with van der Waals surface area (Å²) in [4.78, 5) is 24.8. The van der Waals surface area contributed by atoms with Crippen molar-refractivity contribution in [1.82, 2.24) is 0 Å². The number of esters is 2. The average Bonchev–Trinajstić information content (AvgIpc) is 3.19. The van der Waals surface area contributed by atoms with Crippen LogP contribution in [0.1, 0.15) is 83.8 Å². The van der Waals surface area contributed by atoms with E-state index < -0.39 is 24.2 Å². The molecule has 1 aromatic carbocycles. The molecule has 0 saturated heterocycles. The van der Waals surface area contributed by atoms with E-state index >= 15 is 0 Å². The molecule has 0 N–H and O–H groups in total. The third kappa shape index (κ3) is 4.61. The van der Waals surface area contributed by atoms with Crippen LogP contribution < -0.4 is 0 Å². The summed E-state index contributed by atoms with van der Waals surface area (Å²) in [6.07, 6.45) is 2.08. The minimum atomic E-state index is -4.67. The first kappa shape index (κ1) is 26.3. The molecule has 0 aliphatic heterocycles. The smallest absolute Gasteiger partial charge is 0.429 e. The highest BCUT2D eigenvalue weighted by atomic mass is 19.4. The minimum Gasteiger partial charge on any atom is -0.462 e. The van der Waals surface area contributed by atoms with Crippen LogP contribution in [0.15, 0.2) is 42.0 Å². The van der Waals surface area contributed by atoms with Gasteiger partial charge in [0.15, 0.2) is 0 Å². The summed E-state index contributed by atoms with van der Waals surface area (Å²) in [7, 11) is 0. The third-order valence-electron chi connectivity index (χ3n) is 10.3. The van der Waals surface area contributed by atoms with E-state index in [-0.39, 0.29) is 34.4 Å². The van der Waals surface area contributed by atoms with E-state index in [2.05, 4.69) is 19.9 Å². The number of fused-ring (bicyclic) bond motifs is 5. The van der Waals surface area contributed by atoms with E-state index in [1.54, 1.807) is 6.07 Å². The fraction of sp³-hybridized carbons (Fsp3) is 0.667. The number of carbonyl (C=O) groups is 2. The summed E-state index contributed by atoms with van der Waals surface area (Å²) < 4.78 is 52.5. The van der Waals surface area contributed by atoms with Crippen molar-refractivity contribution in [2.45, 2.75) is 90.5 Å². The zero-order chi connectivity index (χ0) is 26.6. The second-order valence-corrected chi connectivity index (χ2v) is 12.2. The molecular weight excluding hydrogens is 481 g/mol. The van der Waals surface area contributed by atoms with E-state index in [0.29, 0.717) is 18.3 Å². The Morgan fingerprint density at radius 3 is 2.41 bits per heavy atom. The monoisotopic (exact) mass is 518 g/mol. The Labute approximate surface area is 217 Å². The standard InChI is InChI=1S/C30H37F3O4/c1-18(34)36-21-13-15-28(2)20(17-21)9-10-22-23-11-12-25(29(23,3)16-14-24(22)28)27(35)37-26(30(31,32)33)19-7-5-4-6-8-19/h4-9,21-26H,10-17H2,1-3H3/t21-,22+,23+,24+,25-,26-,28-,29+/m0/s1. The Hall–Kier alpha value is -2.31. The van der Waals surface area contributed by atoms with Gasteiger partial charge in [0.2, 0.25) is 6.10 Å². The molecule has 202 valence electrons. The predicted molar refractivity (Wildman–Crippen MR) is 132 cm³/mol. The third-order valence-corrected chi connectivity index (χ3v) is 10.3. The molecule has 4 aliphatic carbocycles. The van der Waals surface area contributed by atoms with Crippen LogP contribution in [0.25, 0.3) is 0 Å². The van der Waals surface area contributed by atoms with Gasteiger partial charge in [0.1, 0.15) is 6.10 Å². The Kier molecular flexibility index (Phi) is 6.73. The van der Waals surface area contributed by atoms with Crippen molar-refractivity contribution < 1.29 is 32.2 Å². The van der Waals surface area contributed by atoms with Gasteiger partial charge in [-0.05, 0) is 73.5 Å². The summed E-state index contributed by atoms with van der Waals surface area (Å²) >= 11 is 0.